The van der Waals surface area contributed by atoms with Gasteiger partial charge in [0.15, 0.2) is 16.6 Å². The number of hydrogen-bond donors (Lipinski definition) is 1. The van der Waals surface area contributed by atoms with E-state index in [-0.39, 0.29) is 12.7 Å². The molecule has 4 rings (SSSR count). The van der Waals surface area contributed by atoms with Gasteiger partial charge in [-0.1, -0.05) is 11.3 Å². The predicted octanol–water partition coefficient (Wildman–Crippen LogP) is 4.05. The first-order valence-corrected chi connectivity index (χ1v) is 8.60. The van der Waals surface area contributed by atoms with Crippen molar-refractivity contribution in [3.05, 3.63) is 40.4 Å². The first-order chi connectivity index (χ1) is 11.6. The molecule has 1 aliphatic rings. The van der Waals surface area contributed by atoms with E-state index in [1.54, 1.807) is 25.3 Å². The number of anilines is 1. The number of fused-ring (bicyclic) bond motifs is 2. The Morgan fingerprint density at radius 3 is 2.88 bits per heavy atom. The Bertz CT molecular complexity index is 916. The van der Waals surface area contributed by atoms with Crippen LogP contribution in [0.1, 0.15) is 10.4 Å². The number of halogens is 1. The summed E-state index contributed by atoms with van der Waals surface area (Å²) in [7, 11) is 1.56. The van der Waals surface area contributed by atoms with Crippen LogP contribution in [0, 0.1) is 0 Å². The molecule has 1 N–H and O–H groups in total. The van der Waals surface area contributed by atoms with Gasteiger partial charge < -0.3 is 14.2 Å². The summed E-state index contributed by atoms with van der Waals surface area (Å²) < 4.78 is 17.5. The van der Waals surface area contributed by atoms with E-state index in [1.807, 2.05) is 12.1 Å². The average Bonchev–Trinajstić information content (AvgIpc) is 3.17. The Hall–Kier alpha value is -2.32. The van der Waals surface area contributed by atoms with Crippen molar-refractivity contribution >= 4 is 48.5 Å². The quantitative estimate of drug-likeness (QED) is 0.710. The van der Waals surface area contributed by atoms with Crippen LogP contribution in [0.4, 0.5) is 5.13 Å². The largest absolute Gasteiger partial charge is 0.497 e. The lowest BCUT2D eigenvalue weighted by molar-refractivity contribution is 0.102. The van der Waals surface area contributed by atoms with Crippen LogP contribution in [0.2, 0.25) is 0 Å². The van der Waals surface area contributed by atoms with Crippen LogP contribution in [0.3, 0.4) is 0 Å². The molecule has 6 nitrogen and oxygen atoms in total. The second-order valence-corrected chi connectivity index (χ2v) is 6.88. The number of hydrogen-bond acceptors (Lipinski definition) is 6. The summed E-state index contributed by atoms with van der Waals surface area (Å²) in [6.45, 7) is 0.222. The summed E-state index contributed by atoms with van der Waals surface area (Å²) in [4.78, 5) is 16.9. The standard InChI is InChI=1S/C16H11BrN2O4S/c1-21-8-2-3-10(17)9(4-8)15(20)19-16-18-11-5-12-13(23-7-22-12)6-14(11)24-16/h2-6H,7H2,1H3,(H,18,19,20). The molecule has 0 saturated carbocycles. The van der Waals surface area contributed by atoms with Gasteiger partial charge in [-0.15, -0.1) is 0 Å². The Kier molecular flexibility index (Phi) is 3.78. The zero-order chi connectivity index (χ0) is 16.7. The number of rotatable bonds is 3. The molecule has 2 heterocycles. The van der Waals surface area contributed by atoms with E-state index in [0.717, 1.165) is 10.2 Å². The second kappa shape index (κ2) is 5.95. The van der Waals surface area contributed by atoms with Gasteiger partial charge >= 0.3 is 0 Å². The molecule has 8 heteroatoms. The summed E-state index contributed by atoms with van der Waals surface area (Å²) >= 11 is 4.75. The van der Waals surface area contributed by atoms with Crippen LogP contribution in [-0.2, 0) is 0 Å². The van der Waals surface area contributed by atoms with Crippen molar-refractivity contribution in [1.82, 2.24) is 4.98 Å². The fraction of sp³-hybridized carbons (Fsp3) is 0.125. The van der Waals surface area contributed by atoms with E-state index < -0.39 is 0 Å². The Morgan fingerprint density at radius 1 is 1.29 bits per heavy atom. The molecule has 0 atom stereocenters. The number of nitrogens with one attached hydrogen (secondary N) is 1. The van der Waals surface area contributed by atoms with Gasteiger partial charge in [-0.05, 0) is 34.1 Å². The molecule has 0 aliphatic carbocycles. The number of benzene rings is 2. The minimum atomic E-state index is -0.264. The molecule has 0 saturated heterocycles. The van der Waals surface area contributed by atoms with Crippen molar-refractivity contribution in [2.75, 3.05) is 19.2 Å². The van der Waals surface area contributed by atoms with Crippen LogP contribution in [0.5, 0.6) is 17.2 Å². The van der Waals surface area contributed by atoms with Crippen molar-refractivity contribution in [1.29, 1.82) is 0 Å². The van der Waals surface area contributed by atoms with Gasteiger partial charge in [0.05, 0.1) is 22.9 Å². The molecular weight excluding hydrogens is 396 g/mol. The van der Waals surface area contributed by atoms with Crippen LogP contribution < -0.4 is 19.5 Å². The summed E-state index contributed by atoms with van der Waals surface area (Å²) in [5.74, 6) is 1.71. The normalized spacial score (nSPS) is 12.4. The molecule has 0 radical (unpaired) electrons. The van der Waals surface area contributed by atoms with Crippen LogP contribution in [0.15, 0.2) is 34.8 Å². The number of amides is 1. The lowest BCUT2D eigenvalue weighted by Crippen LogP contribution is -2.12. The molecule has 0 bridgehead atoms. The van der Waals surface area contributed by atoms with Crippen LogP contribution in [0.25, 0.3) is 10.2 Å². The lowest BCUT2D eigenvalue weighted by atomic mass is 10.2. The molecule has 122 valence electrons. The lowest BCUT2D eigenvalue weighted by Gasteiger charge is -2.06. The minimum Gasteiger partial charge on any atom is -0.497 e. The molecule has 2 aromatic carbocycles. The second-order valence-electron chi connectivity index (χ2n) is 4.99. The number of thiazole rings is 1. The Labute approximate surface area is 149 Å². The maximum atomic E-state index is 12.5. The van der Waals surface area contributed by atoms with Crippen molar-refractivity contribution in [3.63, 3.8) is 0 Å². The molecule has 3 aromatic rings. The van der Waals surface area contributed by atoms with Crippen LogP contribution in [-0.4, -0.2) is 24.8 Å². The number of methoxy groups -OCH3 is 1. The van der Waals surface area contributed by atoms with Gasteiger partial charge in [0.25, 0.3) is 5.91 Å². The number of carbonyl (C=O) groups excluding carboxylic acids is 1. The third-order valence-electron chi connectivity index (χ3n) is 3.52. The maximum Gasteiger partial charge on any atom is 0.258 e. The molecule has 0 fully saturated rings. The van der Waals surface area contributed by atoms with Crippen molar-refractivity contribution in [3.8, 4) is 17.2 Å². The molecule has 1 aromatic heterocycles. The summed E-state index contributed by atoms with van der Waals surface area (Å²) in [5, 5.41) is 3.32. The first-order valence-electron chi connectivity index (χ1n) is 6.99. The number of nitrogens with zero attached hydrogens (tertiary/aromatic N) is 1. The smallest absolute Gasteiger partial charge is 0.258 e. The number of ether oxygens (including phenoxy) is 3. The minimum absolute atomic E-state index is 0.222. The molecule has 24 heavy (non-hydrogen) atoms. The third-order valence-corrected chi connectivity index (χ3v) is 5.15. The predicted molar refractivity (Wildman–Crippen MR) is 94.4 cm³/mol. The van der Waals surface area contributed by atoms with Crippen molar-refractivity contribution in [2.45, 2.75) is 0 Å². The van der Waals surface area contributed by atoms with Gasteiger partial charge in [-0.2, -0.15) is 0 Å². The zero-order valence-electron chi connectivity index (χ0n) is 12.5. The van der Waals surface area contributed by atoms with Gasteiger partial charge in [-0.25, -0.2) is 4.98 Å². The maximum absolute atomic E-state index is 12.5. The van der Waals surface area contributed by atoms with Gasteiger partial charge in [0, 0.05) is 16.6 Å². The summed E-state index contributed by atoms with van der Waals surface area (Å²) in [5.41, 5.74) is 1.23. The number of carbonyl (C=O) groups is 1. The monoisotopic (exact) mass is 406 g/mol. The topological polar surface area (TPSA) is 69.7 Å². The van der Waals surface area contributed by atoms with Gasteiger partial charge in [-0.3, -0.25) is 10.1 Å². The SMILES string of the molecule is COc1ccc(Br)c(C(=O)Nc2nc3cc4c(cc3s2)OCO4)c1. The highest BCUT2D eigenvalue weighted by molar-refractivity contribution is 9.10. The fourth-order valence-electron chi connectivity index (χ4n) is 2.34. The van der Waals surface area contributed by atoms with Crippen molar-refractivity contribution < 1.29 is 19.0 Å². The van der Waals surface area contributed by atoms with E-state index in [2.05, 4.69) is 26.2 Å². The molecular formula is C16H11BrN2O4S. The summed E-state index contributed by atoms with van der Waals surface area (Å²) in [6.07, 6.45) is 0. The molecule has 0 unspecified atom stereocenters. The van der Waals surface area contributed by atoms with E-state index in [1.165, 1.54) is 11.3 Å². The molecule has 0 spiro atoms. The molecule has 1 aliphatic heterocycles. The van der Waals surface area contributed by atoms with Gasteiger partial charge in [0.2, 0.25) is 6.79 Å². The summed E-state index contributed by atoms with van der Waals surface area (Å²) in [6, 6.07) is 8.89. The first kappa shape index (κ1) is 15.2. The van der Waals surface area contributed by atoms with E-state index in [9.17, 15) is 4.79 Å². The highest BCUT2D eigenvalue weighted by Crippen LogP contribution is 2.39. The Morgan fingerprint density at radius 2 is 2.08 bits per heavy atom. The van der Waals surface area contributed by atoms with Gasteiger partial charge in [0.1, 0.15) is 5.75 Å². The van der Waals surface area contributed by atoms with E-state index in [4.69, 9.17) is 14.2 Å². The van der Waals surface area contributed by atoms with Crippen LogP contribution >= 0.6 is 27.3 Å². The van der Waals surface area contributed by atoms with E-state index >= 15 is 0 Å². The zero-order valence-corrected chi connectivity index (χ0v) is 14.9. The fourth-order valence-corrected chi connectivity index (χ4v) is 3.64. The highest BCUT2D eigenvalue weighted by Gasteiger charge is 2.18. The third kappa shape index (κ3) is 2.67. The van der Waals surface area contributed by atoms with E-state index in [0.29, 0.717) is 32.4 Å². The number of aromatic nitrogens is 1. The average molecular weight is 407 g/mol. The Balaban J connectivity index is 1.63. The highest BCUT2D eigenvalue weighted by atomic mass is 79.9. The molecule has 1 amide bonds. The van der Waals surface area contributed by atoms with Crippen molar-refractivity contribution in [2.24, 2.45) is 0 Å².